The number of fused-ring (bicyclic) bond motifs is 3. The highest BCUT2D eigenvalue weighted by Crippen LogP contribution is 2.32. The van der Waals surface area contributed by atoms with Crippen LogP contribution in [0.2, 0.25) is 0 Å². The van der Waals surface area contributed by atoms with Gasteiger partial charge in [0.15, 0.2) is 5.82 Å². The summed E-state index contributed by atoms with van der Waals surface area (Å²) < 4.78 is 0. The largest absolute Gasteiger partial charge is 0.382 e. The Labute approximate surface area is 161 Å². The lowest BCUT2D eigenvalue weighted by molar-refractivity contribution is -0.133. The Morgan fingerprint density at radius 3 is 2.86 bits per heavy atom. The summed E-state index contributed by atoms with van der Waals surface area (Å²) in [7, 11) is 0. The number of benzene rings is 1. The first-order chi connectivity index (χ1) is 13.6. The van der Waals surface area contributed by atoms with E-state index in [4.69, 9.17) is 5.73 Å². The zero-order valence-electron chi connectivity index (χ0n) is 15.6. The highest BCUT2D eigenvalue weighted by atomic mass is 16.2. The summed E-state index contributed by atoms with van der Waals surface area (Å²) >= 11 is 0. The van der Waals surface area contributed by atoms with Crippen molar-refractivity contribution in [2.45, 2.75) is 26.3 Å². The quantitative estimate of drug-likeness (QED) is 0.496. The molecule has 28 heavy (non-hydrogen) atoms. The van der Waals surface area contributed by atoms with Gasteiger partial charge in [0.1, 0.15) is 11.3 Å². The highest BCUT2D eigenvalue weighted by Gasteiger charge is 2.33. The molecule has 0 aliphatic heterocycles. The van der Waals surface area contributed by atoms with Gasteiger partial charge in [0.25, 0.3) is 0 Å². The van der Waals surface area contributed by atoms with Crippen LogP contribution < -0.4 is 5.73 Å². The number of H-pyrrole nitrogens is 2. The van der Waals surface area contributed by atoms with Gasteiger partial charge in [-0.15, -0.1) is 0 Å². The Morgan fingerprint density at radius 1 is 1.29 bits per heavy atom. The number of rotatable bonds is 5. The molecule has 1 fully saturated rings. The van der Waals surface area contributed by atoms with Gasteiger partial charge < -0.3 is 15.6 Å². The first-order valence-electron chi connectivity index (χ1n) is 9.51. The molecule has 1 saturated carbocycles. The van der Waals surface area contributed by atoms with Crippen molar-refractivity contribution < 1.29 is 4.79 Å². The molecule has 0 radical (unpaired) electrons. The number of nitrogens with zero attached hydrogens (tertiary/aromatic N) is 4. The number of nitrogens with two attached hydrogens (primary N) is 1. The number of anilines is 1. The third-order valence-corrected chi connectivity index (χ3v) is 5.26. The van der Waals surface area contributed by atoms with Gasteiger partial charge in [0, 0.05) is 29.6 Å². The molecule has 1 aromatic carbocycles. The van der Waals surface area contributed by atoms with Crippen LogP contribution in [0.15, 0.2) is 30.5 Å². The van der Waals surface area contributed by atoms with Crippen LogP contribution in [0.5, 0.6) is 0 Å². The van der Waals surface area contributed by atoms with Crippen molar-refractivity contribution in [2.75, 3.05) is 12.3 Å². The number of hydrogen-bond acceptors (Lipinski definition) is 5. The van der Waals surface area contributed by atoms with E-state index in [0.29, 0.717) is 24.4 Å². The molecule has 8 nitrogen and oxygen atoms in total. The van der Waals surface area contributed by atoms with Crippen molar-refractivity contribution in [2.24, 2.45) is 5.92 Å². The van der Waals surface area contributed by atoms with E-state index < -0.39 is 0 Å². The number of aromatic nitrogens is 5. The van der Waals surface area contributed by atoms with Crippen LogP contribution in [-0.4, -0.2) is 42.5 Å². The smallest absolute Gasteiger partial charge is 0.226 e. The lowest BCUT2D eigenvalue weighted by atomic mass is 10.1. The average molecular weight is 375 g/mol. The van der Waals surface area contributed by atoms with Crippen molar-refractivity contribution in [3.8, 4) is 11.3 Å². The van der Waals surface area contributed by atoms with E-state index in [1.165, 1.54) is 0 Å². The average Bonchev–Trinajstić information content (AvgIpc) is 3.23. The lowest BCUT2D eigenvalue weighted by Gasteiger charge is -2.19. The molecule has 0 atom stereocenters. The molecule has 1 aliphatic rings. The van der Waals surface area contributed by atoms with E-state index in [-0.39, 0.29) is 11.8 Å². The Hall–Kier alpha value is -3.42. The number of nitrogens with one attached hydrogen (secondary N) is 2. The monoisotopic (exact) mass is 375 g/mol. The van der Waals surface area contributed by atoms with Crippen LogP contribution in [0.3, 0.4) is 0 Å². The number of aromatic amines is 2. The summed E-state index contributed by atoms with van der Waals surface area (Å²) in [6.07, 6.45) is 3.78. The second-order valence-corrected chi connectivity index (χ2v) is 7.22. The third kappa shape index (κ3) is 2.77. The Morgan fingerprint density at radius 2 is 2.14 bits per heavy atom. The van der Waals surface area contributed by atoms with Crippen LogP contribution >= 0.6 is 0 Å². The fourth-order valence-corrected chi connectivity index (χ4v) is 3.59. The summed E-state index contributed by atoms with van der Waals surface area (Å²) in [6.45, 7) is 3.10. The van der Waals surface area contributed by atoms with Crippen molar-refractivity contribution in [3.05, 3.63) is 36.3 Å². The van der Waals surface area contributed by atoms with Crippen LogP contribution in [-0.2, 0) is 11.3 Å². The molecule has 4 N–H and O–H groups in total. The summed E-state index contributed by atoms with van der Waals surface area (Å²) in [4.78, 5) is 26.8. The number of carbonyl (C=O) groups is 1. The molecule has 0 unspecified atom stereocenters. The SMILES string of the molecule is CCN(Cc1nc2c(N)nc3cc(-c4cc[nH]n4)ccc3c2[nH]1)C(=O)C1CC1. The highest BCUT2D eigenvalue weighted by molar-refractivity contribution is 6.07. The summed E-state index contributed by atoms with van der Waals surface area (Å²) in [6, 6.07) is 7.89. The zero-order chi connectivity index (χ0) is 19.3. The van der Waals surface area contributed by atoms with Gasteiger partial charge in [0.05, 0.1) is 23.3 Å². The standard InChI is InChI=1S/C20H21N7O/c1-2-27(20(28)11-3-4-11)10-16-24-17-13-6-5-12(14-7-8-22-26-14)9-15(13)23-19(21)18(17)25-16/h5-9,11H,2-4,10H2,1H3,(H2,21,23)(H,22,26)(H,24,25). The summed E-state index contributed by atoms with van der Waals surface area (Å²) in [5, 5.41) is 7.98. The van der Waals surface area contributed by atoms with E-state index in [2.05, 4.69) is 25.1 Å². The van der Waals surface area contributed by atoms with Gasteiger partial charge in [-0.1, -0.05) is 6.07 Å². The van der Waals surface area contributed by atoms with Crippen LogP contribution in [0.25, 0.3) is 33.2 Å². The van der Waals surface area contributed by atoms with E-state index in [0.717, 1.165) is 46.3 Å². The minimum Gasteiger partial charge on any atom is -0.382 e. The van der Waals surface area contributed by atoms with Crippen LogP contribution in [0.1, 0.15) is 25.6 Å². The zero-order valence-corrected chi connectivity index (χ0v) is 15.6. The normalized spacial score (nSPS) is 14.0. The number of amides is 1. The first-order valence-corrected chi connectivity index (χ1v) is 9.51. The van der Waals surface area contributed by atoms with Gasteiger partial charge >= 0.3 is 0 Å². The van der Waals surface area contributed by atoms with Gasteiger partial charge in [-0.2, -0.15) is 5.10 Å². The fraction of sp³-hybridized carbons (Fsp3) is 0.300. The van der Waals surface area contributed by atoms with E-state index in [1.807, 2.05) is 36.1 Å². The van der Waals surface area contributed by atoms with Crippen LogP contribution in [0.4, 0.5) is 5.82 Å². The molecule has 0 saturated heterocycles. The van der Waals surface area contributed by atoms with Crippen molar-refractivity contribution in [1.82, 2.24) is 30.0 Å². The number of pyridine rings is 1. The molecule has 5 rings (SSSR count). The predicted molar refractivity (Wildman–Crippen MR) is 107 cm³/mol. The Balaban J connectivity index is 1.55. The molecule has 4 aromatic rings. The van der Waals surface area contributed by atoms with Gasteiger partial charge in [-0.05, 0) is 38.0 Å². The fourth-order valence-electron chi connectivity index (χ4n) is 3.59. The maximum absolute atomic E-state index is 12.4. The van der Waals surface area contributed by atoms with Crippen molar-refractivity contribution in [3.63, 3.8) is 0 Å². The Kier molecular flexibility index (Phi) is 3.78. The molecular formula is C20H21N7O. The second kappa shape index (κ2) is 6.33. The topological polar surface area (TPSA) is 117 Å². The number of carbonyl (C=O) groups excluding carboxylic acids is 1. The van der Waals surface area contributed by atoms with Gasteiger partial charge in [-0.3, -0.25) is 9.89 Å². The lowest BCUT2D eigenvalue weighted by Crippen LogP contribution is -2.31. The molecule has 1 amide bonds. The molecule has 1 aliphatic carbocycles. The number of hydrogen-bond donors (Lipinski definition) is 3. The molecule has 0 bridgehead atoms. The van der Waals surface area contributed by atoms with E-state index in [1.54, 1.807) is 6.20 Å². The molecule has 8 heteroatoms. The minimum absolute atomic E-state index is 0.192. The van der Waals surface area contributed by atoms with E-state index >= 15 is 0 Å². The number of imidazole rings is 1. The molecule has 0 spiro atoms. The maximum Gasteiger partial charge on any atom is 0.226 e. The summed E-state index contributed by atoms with van der Waals surface area (Å²) in [5.74, 6) is 1.50. The van der Waals surface area contributed by atoms with Crippen LogP contribution in [0, 0.1) is 5.92 Å². The minimum atomic E-state index is 0.192. The van der Waals surface area contributed by atoms with Gasteiger partial charge in [0.2, 0.25) is 5.91 Å². The molecule has 142 valence electrons. The Bertz CT molecular complexity index is 1170. The molecule has 3 heterocycles. The van der Waals surface area contributed by atoms with Crippen molar-refractivity contribution in [1.29, 1.82) is 0 Å². The van der Waals surface area contributed by atoms with E-state index in [9.17, 15) is 4.79 Å². The van der Waals surface area contributed by atoms with Gasteiger partial charge in [-0.25, -0.2) is 9.97 Å². The maximum atomic E-state index is 12.4. The second-order valence-electron chi connectivity index (χ2n) is 7.22. The first kappa shape index (κ1) is 16.7. The summed E-state index contributed by atoms with van der Waals surface area (Å²) in [5.41, 5.74) is 10.3. The molecule has 3 aromatic heterocycles. The predicted octanol–water partition coefficient (Wildman–Crippen LogP) is 2.84. The third-order valence-electron chi connectivity index (χ3n) is 5.26. The van der Waals surface area contributed by atoms with Crippen molar-refractivity contribution >= 4 is 33.7 Å². The molecular weight excluding hydrogens is 354 g/mol. The number of nitrogen functional groups attached to an aromatic ring is 1.